The Labute approximate surface area is 125 Å². The Bertz CT molecular complexity index is 659. The number of Topliss-reactive ketones (excluding diaryl/α,β-unsaturated/α-hetero) is 1. The molecule has 0 aliphatic rings. The van der Waals surface area contributed by atoms with Gasteiger partial charge in [0.05, 0.1) is 18.2 Å². The Morgan fingerprint density at radius 1 is 0.955 bits per heavy atom. The van der Waals surface area contributed by atoms with Crippen LogP contribution in [-0.2, 0) is 14.3 Å². The number of phenolic OH excluding ortho intramolecular Hbond substituents is 1. The molecule has 0 radical (unpaired) electrons. The first-order valence-electron chi connectivity index (χ1n) is 6.05. The molecule has 0 atom stereocenters. The highest BCUT2D eigenvalue weighted by atomic mass is 16.6. The summed E-state index contributed by atoms with van der Waals surface area (Å²) in [6.45, 7) is 3.21. The van der Waals surface area contributed by atoms with Crippen molar-refractivity contribution in [3.05, 3.63) is 17.2 Å². The molecule has 0 aliphatic carbocycles. The minimum absolute atomic E-state index is 0.320. The van der Waals surface area contributed by atoms with Gasteiger partial charge in [0.15, 0.2) is 17.3 Å². The average molecular weight is 310 g/mol. The minimum Gasteiger partial charge on any atom is -0.504 e. The third-order valence-corrected chi connectivity index (χ3v) is 2.47. The highest BCUT2D eigenvalue weighted by Gasteiger charge is 2.29. The predicted molar refractivity (Wildman–Crippen MR) is 72.1 cm³/mol. The molecule has 22 heavy (non-hydrogen) atoms. The van der Waals surface area contributed by atoms with E-state index in [-0.39, 0.29) is 11.1 Å². The number of carbonyl (C=O) groups is 4. The lowest BCUT2D eigenvalue weighted by atomic mass is 10.0. The van der Waals surface area contributed by atoms with Crippen LogP contribution in [0.3, 0.4) is 0 Å². The van der Waals surface area contributed by atoms with Crippen LogP contribution in [-0.4, -0.2) is 35.9 Å². The van der Waals surface area contributed by atoms with Crippen LogP contribution in [0.25, 0.3) is 0 Å². The Hall–Kier alpha value is -2.90. The predicted octanol–water partition coefficient (Wildman–Crippen LogP) is 1.23. The number of hydrogen-bond acceptors (Lipinski definition) is 8. The molecule has 118 valence electrons. The molecule has 8 nitrogen and oxygen atoms in total. The topological polar surface area (TPSA) is 116 Å². The summed E-state index contributed by atoms with van der Waals surface area (Å²) in [7, 11) is 1.08. The van der Waals surface area contributed by atoms with Gasteiger partial charge in [-0.05, 0) is 13.0 Å². The van der Waals surface area contributed by atoms with Crippen molar-refractivity contribution in [2.75, 3.05) is 7.11 Å². The number of hydrogen-bond donors (Lipinski definition) is 1. The number of benzene rings is 1. The number of ether oxygens (including phenoxy) is 3. The number of phenols is 1. The van der Waals surface area contributed by atoms with E-state index in [4.69, 9.17) is 9.47 Å². The highest BCUT2D eigenvalue weighted by Crippen LogP contribution is 2.42. The summed E-state index contributed by atoms with van der Waals surface area (Å²) < 4.78 is 14.1. The van der Waals surface area contributed by atoms with Crippen LogP contribution in [0.2, 0.25) is 0 Å². The normalized spacial score (nSPS) is 9.82. The van der Waals surface area contributed by atoms with Gasteiger partial charge in [0.2, 0.25) is 5.75 Å². The Morgan fingerprint density at radius 2 is 1.45 bits per heavy atom. The Kier molecular flexibility index (Phi) is 5.23. The summed E-state index contributed by atoms with van der Waals surface area (Å²) >= 11 is 0. The van der Waals surface area contributed by atoms with Gasteiger partial charge in [-0.1, -0.05) is 0 Å². The van der Waals surface area contributed by atoms with E-state index in [0.29, 0.717) is 0 Å². The molecule has 1 aromatic carbocycles. The van der Waals surface area contributed by atoms with Crippen LogP contribution in [0.1, 0.15) is 41.5 Å². The van der Waals surface area contributed by atoms with E-state index in [1.165, 1.54) is 0 Å². The van der Waals surface area contributed by atoms with Gasteiger partial charge >= 0.3 is 17.9 Å². The van der Waals surface area contributed by atoms with E-state index in [1.807, 2.05) is 0 Å². The van der Waals surface area contributed by atoms with Gasteiger partial charge in [0.25, 0.3) is 0 Å². The smallest absolute Gasteiger partial charge is 0.338 e. The zero-order chi connectivity index (χ0) is 17.0. The van der Waals surface area contributed by atoms with Crippen LogP contribution in [0.15, 0.2) is 6.07 Å². The summed E-state index contributed by atoms with van der Waals surface area (Å²) in [6, 6.07) is 0.897. The molecule has 0 aliphatic heterocycles. The van der Waals surface area contributed by atoms with Crippen molar-refractivity contribution in [1.82, 2.24) is 0 Å². The number of aromatic hydroxyl groups is 1. The summed E-state index contributed by atoms with van der Waals surface area (Å²) in [4.78, 5) is 45.9. The largest absolute Gasteiger partial charge is 0.504 e. The highest BCUT2D eigenvalue weighted by molar-refractivity contribution is 6.09. The number of esters is 3. The van der Waals surface area contributed by atoms with Gasteiger partial charge < -0.3 is 19.3 Å². The molecule has 0 bridgehead atoms. The van der Waals surface area contributed by atoms with Crippen molar-refractivity contribution in [2.45, 2.75) is 20.8 Å². The summed E-state index contributed by atoms with van der Waals surface area (Å²) in [5.41, 5.74) is -0.657. The van der Waals surface area contributed by atoms with Crippen molar-refractivity contribution >= 4 is 23.7 Å². The number of carbonyl (C=O) groups excluding carboxylic acids is 4. The van der Waals surface area contributed by atoms with Gasteiger partial charge in [0, 0.05) is 13.8 Å². The molecular weight excluding hydrogens is 296 g/mol. The Balaban J connectivity index is 3.76. The van der Waals surface area contributed by atoms with Gasteiger partial charge in [0.1, 0.15) is 0 Å². The summed E-state index contributed by atoms with van der Waals surface area (Å²) in [6.07, 6.45) is 0. The van der Waals surface area contributed by atoms with Crippen LogP contribution in [0.4, 0.5) is 0 Å². The summed E-state index contributed by atoms with van der Waals surface area (Å²) in [5.74, 6) is -4.93. The monoisotopic (exact) mass is 310 g/mol. The Morgan fingerprint density at radius 3 is 1.86 bits per heavy atom. The van der Waals surface area contributed by atoms with Crippen LogP contribution >= 0.6 is 0 Å². The quantitative estimate of drug-likeness (QED) is 0.501. The van der Waals surface area contributed by atoms with Gasteiger partial charge in [-0.25, -0.2) is 4.79 Å². The lowest BCUT2D eigenvalue weighted by Crippen LogP contribution is -2.15. The maximum Gasteiger partial charge on any atom is 0.338 e. The van der Waals surface area contributed by atoms with Crippen molar-refractivity contribution in [2.24, 2.45) is 0 Å². The molecule has 0 fully saturated rings. The molecule has 0 unspecified atom stereocenters. The van der Waals surface area contributed by atoms with E-state index >= 15 is 0 Å². The third-order valence-electron chi connectivity index (χ3n) is 2.47. The zero-order valence-electron chi connectivity index (χ0n) is 12.4. The second-order valence-electron chi connectivity index (χ2n) is 4.21. The first-order chi connectivity index (χ1) is 10.2. The molecular formula is C14H14O8. The molecule has 0 saturated heterocycles. The van der Waals surface area contributed by atoms with Crippen molar-refractivity contribution in [3.63, 3.8) is 0 Å². The van der Waals surface area contributed by atoms with E-state index in [0.717, 1.165) is 33.9 Å². The zero-order valence-corrected chi connectivity index (χ0v) is 12.4. The SMILES string of the molecule is COC(=O)c1cc(O)c(OC(C)=O)c(OC(C)=O)c1C(C)=O. The average Bonchev–Trinajstić information content (AvgIpc) is 2.39. The second-order valence-corrected chi connectivity index (χ2v) is 4.21. The fraction of sp³-hybridized carbons (Fsp3) is 0.286. The van der Waals surface area contributed by atoms with Crippen LogP contribution < -0.4 is 9.47 Å². The first kappa shape index (κ1) is 17.2. The molecule has 1 aromatic rings. The second kappa shape index (κ2) is 6.70. The first-order valence-corrected chi connectivity index (χ1v) is 6.05. The van der Waals surface area contributed by atoms with Gasteiger partial charge in [-0.2, -0.15) is 0 Å². The summed E-state index contributed by atoms with van der Waals surface area (Å²) in [5, 5.41) is 9.90. The fourth-order valence-corrected chi connectivity index (χ4v) is 1.73. The number of ketones is 1. The molecule has 0 spiro atoms. The number of rotatable bonds is 4. The molecule has 0 amide bonds. The maximum absolute atomic E-state index is 11.8. The number of methoxy groups -OCH3 is 1. The van der Waals surface area contributed by atoms with Crippen molar-refractivity contribution < 1.29 is 38.5 Å². The standard InChI is InChI=1S/C14H14O8/c1-6(15)11-9(14(19)20-4)5-10(18)12(21-7(2)16)13(11)22-8(3)17/h5,18H,1-4H3. The van der Waals surface area contributed by atoms with E-state index in [2.05, 4.69) is 4.74 Å². The molecule has 0 heterocycles. The molecule has 0 saturated carbocycles. The van der Waals surface area contributed by atoms with Crippen LogP contribution in [0.5, 0.6) is 17.2 Å². The van der Waals surface area contributed by atoms with Gasteiger partial charge in [-0.15, -0.1) is 0 Å². The van der Waals surface area contributed by atoms with Crippen molar-refractivity contribution in [3.8, 4) is 17.2 Å². The third kappa shape index (κ3) is 3.60. The lowest BCUT2D eigenvalue weighted by Gasteiger charge is -2.16. The molecule has 1 N–H and O–H groups in total. The molecule has 1 rings (SSSR count). The van der Waals surface area contributed by atoms with E-state index in [9.17, 15) is 24.3 Å². The lowest BCUT2D eigenvalue weighted by molar-refractivity contribution is -0.134. The van der Waals surface area contributed by atoms with E-state index in [1.54, 1.807) is 0 Å². The van der Waals surface area contributed by atoms with Gasteiger partial charge in [-0.3, -0.25) is 14.4 Å². The van der Waals surface area contributed by atoms with E-state index < -0.39 is 40.9 Å². The van der Waals surface area contributed by atoms with Crippen LogP contribution in [0, 0.1) is 0 Å². The minimum atomic E-state index is -0.928. The van der Waals surface area contributed by atoms with Crippen molar-refractivity contribution in [1.29, 1.82) is 0 Å². The fourth-order valence-electron chi connectivity index (χ4n) is 1.73. The molecule has 8 heteroatoms. The molecule has 0 aromatic heterocycles. The maximum atomic E-state index is 11.8.